The molecule has 0 bridgehead atoms. The van der Waals surface area contributed by atoms with Crippen molar-refractivity contribution in [2.45, 2.75) is 58.6 Å². The second-order valence-corrected chi connectivity index (χ2v) is 8.10. The molecule has 0 aliphatic heterocycles. The lowest BCUT2D eigenvalue weighted by molar-refractivity contribution is -0.135. The first kappa shape index (κ1) is 22.4. The van der Waals surface area contributed by atoms with E-state index in [1.807, 2.05) is 44.2 Å². The molecular weight excluding hydrogens is 356 g/mol. The Morgan fingerprint density at radius 2 is 1.82 bits per heavy atom. The number of amides is 2. The fourth-order valence-corrected chi connectivity index (χ4v) is 3.61. The van der Waals surface area contributed by atoms with Crippen LogP contribution in [0.1, 0.15) is 51.5 Å². The summed E-state index contributed by atoms with van der Waals surface area (Å²) in [5.41, 5.74) is 0.414. The highest BCUT2D eigenvalue weighted by Crippen LogP contribution is 2.36. The second kappa shape index (κ2) is 11.2. The molecule has 0 aromatic heterocycles. The lowest BCUT2D eigenvalue weighted by atomic mass is 9.73. The highest BCUT2D eigenvalue weighted by atomic mass is 16.5. The van der Waals surface area contributed by atoms with Crippen LogP contribution in [0, 0.1) is 11.3 Å². The van der Waals surface area contributed by atoms with Gasteiger partial charge in [-0.25, -0.2) is 0 Å². The van der Waals surface area contributed by atoms with Crippen molar-refractivity contribution in [2.24, 2.45) is 11.3 Å². The topological polar surface area (TPSA) is 87.7 Å². The smallest absolute Gasteiger partial charge is 0.246 e. The fourth-order valence-electron chi connectivity index (χ4n) is 3.61. The first-order chi connectivity index (χ1) is 13.5. The van der Waals surface area contributed by atoms with Gasteiger partial charge >= 0.3 is 0 Å². The Bertz CT molecular complexity index is 612. The van der Waals surface area contributed by atoms with Crippen molar-refractivity contribution in [3.05, 3.63) is 35.9 Å². The number of carbonyl (C=O) groups excluding carboxylic acids is 2. The third kappa shape index (κ3) is 6.60. The molecule has 6 nitrogen and oxygen atoms in total. The molecule has 1 aliphatic rings. The lowest BCUT2D eigenvalue weighted by Crippen LogP contribution is -2.54. The number of nitrogens with one attached hydrogen (secondary N) is 2. The molecule has 1 saturated carbocycles. The van der Waals surface area contributed by atoms with Gasteiger partial charge in [0.1, 0.15) is 6.61 Å². The summed E-state index contributed by atoms with van der Waals surface area (Å²) in [6, 6.07) is 9.43. The summed E-state index contributed by atoms with van der Waals surface area (Å²) in [4.78, 5) is 25.2. The van der Waals surface area contributed by atoms with Crippen molar-refractivity contribution in [1.29, 1.82) is 0 Å². The number of carbonyl (C=O) groups is 2. The van der Waals surface area contributed by atoms with Crippen LogP contribution in [0.5, 0.6) is 0 Å². The molecule has 6 heteroatoms. The Morgan fingerprint density at radius 1 is 1.14 bits per heavy atom. The molecule has 28 heavy (non-hydrogen) atoms. The van der Waals surface area contributed by atoms with Gasteiger partial charge < -0.3 is 20.5 Å². The van der Waals surface area contributed by atoms with Crippen LogP contribution in [0.2, 0.25) is 0 Å². The summed E-state index contributed by atoms with van der Waals surface area (Å²) >= 11 is 0. The summed E-state index contributed by atoms with van der Waals surface area (Å²) in [6.07, 6.45) is 4.55. The minimum atomic E-state index is -0.602. The zero-order valence-corrected chi connectivity index (χ0v) is 17.1. The van der Waals surface area contributed by atoms with Crippen molar-refractivity contribution in [1.82, 2.24) is 10.6 Å². The summed E-state index contributed by atoms with van der Waals surface area (Å²) in [5, 5.41) is 15.4. The molecule has 0 unspecified atom stereocenters. The molecule has 0 saturated heterocycles. The average molecular weight is 391 g/mol. The number of hydrogen-bond donors (Lipinski definition) is 3. The Labute approximate surface area is 168 Å². The van der Waals surface area contributed by atoms with Gasteiger partial charge in [-0.05, 0) is 24.3 Å². The average Bonchev–Trinajstić information content (AvgIpc) is 2.71. The summed E-state index contributed by atoms with van der Waals surface area (Å²) in [5.74, 6) is -0.128. The van der Waals surface area contributed by atoms with Crippen LogP contribution >= 0.6 is 0 Å². The molecule has 1 aromatic rings. The van der Waals surface area contributed by atoms with Gasteiger partial charge in [0.2, 0.25) is 11.8 Å². The van der Waals surface area contributed by atoms with Gasteiger partial charge in [0.05, 0.1) is 24.7 Å². The Balaban J connectivity index is 1.86. The molecule has 2 rings (SSSR count). The lowest BCUT2D eigenvalue weighted by Gasteiger charge is -2.37. The summed E-state index contributed by atoms with van der Waals surface area (Å²) < 4.78 is 5.48. The minimum Gasteiger partial charge on any atom is -0.394 e. The van der Waals surface area contributed by atoms with Gasteiger partial charge in [-0.1, -0.05) is 63.4 Å². The van der Waals surface area contributed by atoms with Gasteiger partial charge in [-0.3, -0.25) is 9.59 Å². The number of rotatable bonds is 10. The molecule has 2 amide bonds. The Morgan fingerprint density at radius 3 is 2.43 bits per heavy atom. The first-order valence-corrected chi connectivity index (χ1v) is 10.3. The number of hydrogen-bond acceptors (Lipinski definition) is 4. The van der Waals surface area contributed by atoms with Crippen LogP contribution in [0.15, 0.2) is 30.3 Å². The largest absolute Gasteiger partial charge is 0.394 e. The Hall–Kier alpha value is -1.92. The van der Waals surface area contributed by atoms with Crippen LogP contribution in [0.4, 0.5) is 0 Å². The molecule has 3 N–H and O–H groups in total. The zero-order valence-electron chi connectivity index (χ0n) is 17.1. The van der Waals surface area contributed by atoms with Crippen LogP contribution in [-0.4, -0.2) is 42.7 Å². The van der Waals surface area contributed by atoms with E-state index in [0.29, 0.717) is 13.2 Å². The molecule has 156 valence electrons. The van der Waals surface area contributed by atoms with E-state index in [0.717, 1.165) is 37.7 Å². The normalized spacial score (nSPS) is 17.1. The predicted octanol–water partition coefficient (Wildman–Crippen LogP) is 2.40. The van der Waals surface area contributed by atoms with E-state index in [-0.39, 0.29) is 37.0 Å². The summed E-state index contributed by atoms with van der Waals surface area (Å²) in [6.45, 7) is 4.52. The zero-order chi connectivity index (χ0) is 20.4. The van der Waals surface area contributed by atoms with Gasteiger partial charge in [-0.2, -0.15) is 0 Å². The van der Waals surface area contributed by atoms with Crippen molar-refractivity contribution < 1.29 is 19.4 Å². The third-order valence-electron chi connectivity index (χ3n) is 5.58. The van der Waals surface area contributed by atoms with Crippen LogP contribution in [0.25, 0.3) is 0 Å². The first-order valence-electron chi connectivity index (χ1n) is 10.3. The maximum absolute atomic E-state index is 13.0. The van der Waals surface area contributed by atoms with Gasteiger partial charge in [0.15, 0.2) is 0 Å². The van der Waals surface area contributed by atoms with Crippen LogP contribution in [-0.2, 0) is 20.9 Å². The van der Waals surface area contributed by atoms with E-state index < -0.39 is 5.41 Å². The van der Waals surface area contributed by atoms with E-state index >= 15 is 0 Å². The highest BCUT2D eigenvalue weighted by molar-refractivity contribution is 5.84. The van der Waals surface area contributed by atoms with Crippen molar-refractivity contribution >= 4 is 11.8 Å². The van der Waals surface area contributed by atoms with Crippen LogP contribution in [0.3, 0.4) is 0 Å². The molecular formula is C22H34N2O4. The van der Waals surface area contributed by atoms with Gasteiger partial charge in [0.25, 0.3) is 0 Å². The van der Waals surface area contributed by atoms with Gasteiger partial charge in [-0.15, -0.1) is 0 Å². The molecule has 0 heterocycles. The summed E-state index contributed by atoms with van der Waals surface area (Å²) in [7, 11) is 0. The standard InChI is InChI=1S/C22H34N2O4/c1-17(2)19(13-25)24-21(27)22(11-7-4-8-12-22)16-23-20(26)15-28-14-18-9-5-3-6-10-18/h3,5-6,9-10,17,19,25H,4,7-8,11-16H2,1-2H3,(H,23,26)(H,24,27)/t19-/m1/s1. The molecule has 1 atom stereocenters. The van der Waals surface area contributed by atoms with Crippen molar-refractivity contribution in [2.75, 3.05) is 19.8 Å². The number of benzene rings is 1. The van der Waals surface area contributed by atoms with Crippen LogP contribution < -0.4 is 10.6 Å². The monoisotopic (exact) mass is 390 g/mol. The Kier molecular flexibility index (Phi) is 8.93. The second-order valence-electron chi connectivity index (χ2n) is 8.10. The maximum Gasteiger partial charge on any atom is 0.246 e. The number of aliphatic hydroxyl groups excluding tert-OH is 1. The maximum atomic E-state index is 13.0. The SMILES string of the molecule is CC(C)[C@@H](CO)NC(=O)C1(CNC(=O)COCc2ccccc2)CCCCC1. The number of ether oxygens (including phenoxy) is 1. The van der Waals surface area contributed by atoms with E-state index in [2.05, 4.69) is 10.6 Å². The van der Waals surface area contributed by atoms with Crippen molar-refractivity contribution in [3.63, 3.8) is 0 Å². The van der Waals surface area contributed by atoms with Crippen molar-refractivity contribution in [3.8, 4) is 0 Å². The van der Waals surface area contributed by atoms with E-state index in [1.165, 1.54) is 0 Å². The molecule has 1 fully saturated rings. The van der Waals surface area contributed by atoms with Gasteiger partial charge in [0, 0.05) is 6.54 Å². The molecule has 0 spiro atoms. The number of aliphatic hydroxyl groups is 1. The predicted molar refractivity (Wildman–Crippen MR) is 108 cm³/mol. The minimum absolute atomic E-state index is 0.0299. The quantitative estimate of drug-likeness (QED) is 0.572. The molecule has 0 radical (unpaired) electrons. The van der Waals surface area contributed by atoms with E-state index in [9.17, 15) is 14.7 Å². The molecule has 1 aromatic carbocycles. The molecule has 1 aliphatic carbocycles. The third-order valence-corrected chi connectivity index (χ3v) is 5.58. The fraction of sp³-hybridized carbons (Fsp3) is 0.636. The van der Waals surface area contributed by atoms with E-state index in [1.54, 1.807) is 0 Å². The van der Waals surface area contributed by atoms with E-state index in [4.69, 9.17) is 4.74 Å². The highest BCUT2D eigenvalue weighted by Gasteiger charge is 2.40.